The van der Waals surface area contributed by atoms with E-state index in [-0.39, 0.29) is 41.0 Å². The van der Waals surface area contributed by atoms with Gasteiger partial charge in [-0.2, -0.15) is 13.2 Å². The summed E-state index contributed by atoms with van der Waals surface area (Å²) in [7, 11) is 0. The van der Waals surface area contributed by atoms with Crippen molar-refractivity contribution in [1.29, 1.82) is 0 Å². The first-order valence-electron chi connectivity index (χ1n) is 13.7. The van der Waals surface area contributed by atoms with Crippen LogP contribution in [0.5, 0.6) is 0 Å². The van der Waals surface area contributed by atoms with Crippen LogP contribution in [0.4, 0.5) is 18.0 Å². The van der Waals surface area contributed by atoms with Crippen molar-refractivity contribution in [1.82, 2.24) is 10.2 Å². The van der Waals surface area contributed by atoms with E-state index in [9.17, 15) is 27.9 Å². The van der Waals surface area contributed by atoms with Crippen LogP contribution in [-0.4, -0.2) is 58.5 Å². The van der Waals surface area contributed by atoms with E-state index in [1.54, 1.807) is 52.0 Å². The van der Waals surface area contributed by atoms with Crippen molar-refractivity contribution in [2.75, 3.05) is 6.61 Å². The zero-order chi connectivity index (χ0) is 31.0. The molecule has 2 aliphatic heterocycles. The Balaban J connectivity index is 1.77. The zero-order valence-electron chi connectivity index (χ0n) is 24.1. The van der Waals surface area contributed by atoms with Gasteiger partial charge < -0.3 is 14.6 Å². The number of nitrogens with zero attached hydrogens (tertiary/aromatic N) is 2. The Morgan fingerprint density at radius 2 is 1.93 bits per heavy atom. The van der Waals surface area contributed by atoms with Crippen molar-refractivity contribution >= 4 is 29.6 Å². The summed E-state index contributed by atoms with van der Waals surface area (Å²) in [6, 6.07) is 10.1. The molecule has 2 N–H and O–H groups in total. The molecule has 0 saturated carbocycles. The second kappa shape index (κ2) is 11.9. The maximum absolute atomic E-state index is 13.8. The number of aliphatic imine (C=N–C) groups is 1. The van der Waals surface area contributed by atoms with E-state index < -0.39 is 29.5 Å². The van der Waals surface area contributed by atoms with Crippen molar-refractivity contribution in [3.63, 3.8) is 0 Å². The smallest absolute Gasteiger partial charge is 0.418 e. The van der Waals surface area contributed by atoms with Crippen LogP contribution in [0.1, 0.15) is 71.1 Å². The third kappa shape index (κ3) is 7.07. The molecule has 1 fully saturated rings. The van der Waals surface area contributed by atoms with E-state index in [1.165, 1.54) is 23.1 Å². The van der Waals surface area contributed by atoms with Gasteiger partial charge in [0.2, 0.25) is 11.9 Å². The van der Waals surface area contributed by atoms with E-state index in [2.05, 4.69) is 5.32 Å². The summed E-state index contributed by atoms with van der Waals surface area (Å²) in [6.45, 7) is 9.23. The van der Waals surface area contributed by atoms with Crippen molar-refractivity contribution in [3.05, 3.63) is 58.6 Å². The van der Waals surface area contributed by atoms with Crippen LogP contribution in [0.25, 0.3) is 11.1 Å². The molecule has 0 spiro atoms. The number of hydrogen-bond acceptors (Lipinski definition) is 6. The quantitative estimate of drug-likeness (QED) is 0.412. The number of halogens is 4. The molecule has 228 valence electrons. The highest BCUT2D eigenvalue weighted by atomic mass is 35.5. The summed E-state index contributed by atoms with van der Waals surface area (Å²) >= 11 is 6.87. The molecule has 4 atom stereocenters. The predicted molar refractivity (Wildman–Crippen MR) is 152 cm³/mol. The van der Waals surface area contributed by atoms with Gasteiger partial charge in [0.25, 0.3) is 0 Å². The average Bonchev–Trinajstić information content (AvgIpc) is 2.86. The first-order chi connectivity index (χ1) is 19.5. The Kier molecular flexibility index (Phi) is 8.97. The molecule has 1 saturated heterocycles. The number of aliphatic hydroxyl groups excluding tert-OH is 1. The van der Waals surface area contributed by atoms with E-state index in [0.29, 0.717) is 36.1 Å². The molecule has 8 nitrogen and oxygen atoms in total. The third-order valence-corrected chi connectivity index (χ3v) is 7.59. The highest BCUT2D eigenvalue weighted by Gasteiger charge is 2.44. The lowest BCUT2D eigenvalue weighted by Crippen LogP contribution is -2.58. The van der Waals surface area contributed by atoms with Gasteiger partial charge in [-0.1, -0.05) is 48.0 Å². The minimum absolute atomic E-state index is 0.0267. The van der Waals surface area contributed by atoms with Gasteiger partial charge in [0.05, 0.1) is 23.1 Å². The molecular weight excluding hydrogens is 575 g/mol. The van der Waals surface area contributed by atoms with Crippen molar-refractivity contribution in [3.8, 4) is 11.1 Å². The van der Waals surface area contributed by atoms with Crippen LogP contribution in [0, 0.1) is 0 Å². The highest BCUT2D eigenvalue weighted by molar-refractivity contribution is 6.34. The van der Waals surface area contributed by atoms with Gasteiger partial charge in [-0.3, -0.25) is 15.0 Å². The van der Waals surface area contributed by atoms with Gasteiger partial charge in [0.15, 0.2) is 6.10 Å². The van der Waals surface area contributed by atoms with Crippen molar-refractivity contribution in [2.24, 2.45) is 4.99 Å². The number of guanidine groups is 1. The van der Waals surface area contributed by atoms with Gasteiger partial charge in [-0.05, 0) is 70.2 Å². The molecular formula is C30H35ClF3N3O5. The summed E-state index contributed by atoms with van der Waals surface area (Å²) < 4.78 is 50.6. The molecule has 0 aromatic heterocycles. The lowest BCUT2D eigenvalue weighted by atomic mass is 9.85. The zero-order valence-corrected chi connectivity index (χ0v) is 24.8. The SMILES string of the molecule is C[C@H]1C[C@@H](N2C(=O)C[C@@](C)(c3cccc(-c4cccc([C@H](O)C(F)(F)F)c4)c3Cl)N=C2NC(=O)OC(C)(C)C)CCO1. The molecule has 12 heteroatoms. The topological polar surface area (TPSA) is 100 Å². The maximum atomic E-state index is 13.8. The number of carbonyl (C=O) groups is 2. The lowest BCUT2D eigenvalue weighted by Gasteiger charge is -2.42. The number of ether oxygens (including phenoxy) is 2. The number of nitrogens with one attached hydrogen (secondary N) is 1. The Bertz CT molecular complexity index is 1380. The predicted octanol–water partition coefficient (Wildman–Crippen LogP) is 6.50. The van der Waals surface area contributed by atoms with Gasteiger partial charge in [-0.15, -0.1) is 0 Å². The summed E-state index contributed by atoms with van der Waals surface area (Å²) in [5, 5.41) is 12.6. The molecule has 2 heterocycles. The summed E-state index contributed by atoms with van der Waals surface area (Å²) in [6.07, 6.45) is -7.33. The average molecular weight is 610 g/mol. The fourth-order valence-corrected chi connectivity index (χ4v) is 5.72. The second-order valence-electron chi connectivity index (χ2n) is 11.9. The lowest BCUT2D eigenvalue weighted by molar-refractivity contribution is -0.206. The van der Waals surface area contributed by atoms with E-state index in [0.717, 1.165) is 0 Å². The molecule has 0 radical (unpaired) electrons. The number of alkyl halides is 3. The third-order valence-electron chi connectivity index (χ3n) is 7.18. The normalized spacial score (nSPS) is 24.2. The van der Waals surface area contributed by atoms with Crippen LogP contribution >= 0.6 is 11.6 Å². The minimum atomic E-state index is -4.83. The first-order valence-corrected chi connectivity index (χ1v) is 14.0. The van der Waals surface area contributed by atoms with Crippen LogP contribution in [0.3, 0.4) is 0 Å². The Labute approximate surface area is 247 Å². The maximum Gasteiger partial charge on any atom is 0.418 e. The molecule has 0 aliphatic carbocycles. The molecule has 4 rings (SSSR count). The van der Waals surface area contributed by atoms with Gasteiger partial charge in [0.1, 0.15) is 5.60 Å². The number of alkyl carbamates (subject to hydrolysis) is 1. The van der Waals surface area contributed by atoms with E-state index >= 15 is 0 Å². The van der Waals surface area contributed by atoms with E-state index in [4.69, 9.17) is 26.1 Å². The Morgan fingerprint density at radius 3 is 2.57 bits per heavy atom. The van der Waals surface area contributed by atoms with Gasteiger partial charge >= 0.3 is 12.3 Å². The number of rotatable bonds is 4. The molecule has 2 aliphatic rings. The second-order valence-corrected chi connectivity index (χ2v) is 12.3. The van der Waals surface area contributed by atoms with Gasteiger partial charge in [-0.25, -0.2) is 9.79 Å². The number of carbonyl (C=O) groups excluding carboxylic acids is 2. The van der Waals surface area contributed by atoms with Crippen molar-refractivity contribution in [2.45, 2.75) is 89.4 Å². The summed E-state index contributed by atoms with van der Waals surface area (Å²) in [5.41, 5.74) is -1.16. The number of amides is 2. The summed E-state index contributed by atoms with van der Waals surface area (Å²) in [4.78, 5) is 33.0. The Hall–Kier alpha value is -3.15. The fourth-order valence-electron chi connectivity index (χ4n) is 5.28. The minimum Gasteiger partial charge on any atom is -0.444 e. The van der Waals surface area contributed by atoms with Crippen LogP contribution < -0.4 is 5.32 Å². The molecule has 2 amide bonds. The molecule has 0 unspecified atom stereocenters. The molecule has 2 aromatic carbocycles. The highest BCUT2D eigenvalue weighted by Crippen LogP contribution is 2.43. The van der Waals surface area contributed by atoms with E-state index in [1.807, 2.05) is 6.92 Å². The monoisotopic (exact) mass is 609 g/mol. The molecule has 42 heavy (non-hydrogen) atoms. The summed E-state index contributed by atoms with van der Waals surface area (Å²) in [5.74, 6) is -0.256. The number of aliphatic hydroxyl groups is 1. The first kappa shape index (κ1) is 31.8. The number of benzene rings is 2. The standard InChI is InChI=1S/C30H35ClF3N3O5/c1-17-14-20(12-13-41-17)37-23(38)16-29(5,36-26(37)35-27(40)42-28(2,3)4)22-11-7-10-21(24(22)31)18-8-6-9-19(15-18)25(39)30(32,33)34/h6-11,15,17,20,25,39H,12-14,16H2,1-5H3,(H,35,36,40)/t17-,20-,25-,29-/m0/s1. The van der Waals surface area contributed by atoms with Crippen molar-refractivity contribution < 1.29 is 37.3 Å². The molecule has 0 bridgehead atoms. The number of hydrogen-bond donors (Lipinski definition) is 2. The fraction of sp³-hybridized carbons (Fsp3) is 0.500. The van der Waals surface area contributed by atoms with Crippen LogP contribution in [0.15, 0.2) is 47.5 Å². The van der Waals surface area contributed by atoms with Crippen LogP contribution in [0.2, 0.25) is 5.02 Å². The molecule has 2 aromatic rings. The van der Waals surface area contributed by atoms with Gasteiger partial charge in [0, 0.05) is 18.2 Å². The largest absolute Gasteiger partial charge is 0.444 e. The Morgan fingerprint density at radius 1 is 1.24 bits per heavy atom. The van der Waals surface area contributed by atoms with Crippen LogP contribution in [-0.2, 0) is 19.8 Å².